The third-order valence-electron chi connectivity index (χ3n) is 6.07. The van der Waals surface area contributed by atoms with Crippen LogP contribution in [0.15, 0.2) is 66.2 Å². The van der Waals surface area contributed by atoms with Gasteiger partial charge in [-0.1, -0.05) is 35.6 Å². The first-order valence-corrected chi connectivity index (χ1v) is 12.9. The lowest BCUT2D eigenvalue weighted by Crippen LogP contribution is -2.49. The summed E-state index contributed by atoms with van der Waals surface area (Å²) in [6, 6.07) is 10.8. The summed E-state index contributed by atoms with van der Waals surface area (Å²) in [5.74, 6) is -1.04. The molecular formula is C24H29N5O5S. The molecule has 0 spiro atoms. The van der Waals surface area contributed by atoms with Crippen molar-refractivity contribution in [1.82, 2.24) is 25.0 Å². The molecule has 1 unspecified atom stereocenters. The number of nitrogens with zero attached hydrogens (tertiary/aromatic N) is 4. The van der Waals surface area contributed by atoms with Gasteiger partial charge < -0.3 is 4.57 Å². The first kappa shape index (κ1) is 26.0. The topological polar surface area (TPSA) is 136 Å². The fraction of sp³-hybridized carbons (Fsp3) is 0.333. The van der Waals surface area contributed by atoms with E-state index >= 15 is 0 Å². The van der Waals surface area contributed by atoms with Gasteiger partial charge in [0.2, 0.25) is 0 Å². The number of allylic oxidation sites excluding steroid dienone is 1. The maximum absolute atomic E-state index is 12.7. The lowest BCUT2D eigenvalue weighted by Gasteiger charge is -2.25. The predicted molar refractivity (Wildman–Crippen MR) is 132 cm³/mol. The normalized spacial score (nSPS) is 13.2. The number of hydroxylamine groups is 1. The molecule has 0 fully saturated rings. The number of benzene rings is 1. The number of aryl methyl sites for hydroxylation is 2. The summed E-state index contributed by atoms with van der Waals surface area (Å²) in [5.41, 5.74) is 4.25. The Balaban J connectivity index is 1.73. The first-order valence-electron chi connectivity index (χ1n) is 11.1. The van der Waals surface area contributed by atoms with Gasteiger partial charge in [0.1, 0.15) is 5.69 Å². The molecule has 2 aromatic heterocycles. The monoisotopic (exact) mass is 499 g/mol. The number of aromatic nitrogens is 4. The van der Waals surface area contributed by atoms with E-state index in [1.165, 1.54) is 23.0 Å². The van der Waals surface area contributed by atoms with Gasteiger partial charge in [-0.3, -0.25) is 19.5 Å². The quantitative estimate of drug-likeness (QED) is 0.179. The first-order chi connectivity index (χ1) is 16.6. The predicted octanol–water partition coefficient (Wildman–Crippen LogP) is 2.44. The SMILES string of the molecule is C=CCCCn1cc(-c2ccc(-c3ccn(CCC(C)(C(=O)NO)S(C)(=O)=O)c(=O)c3)cc2)nn1. The lowest BCUT2D eigenvalue weighted by molar-refractivity contribution is -0.131. The Morgan fingerprint density at radius 1 is 1.17 bits per heavy atom. The molecule has 10 nitrogen and oxygen atoms in total. The van der Waals surface area contributed by atoms with Crippen LogP contribution in [0, 0.1) is 0 Å². The van der Waals surface area contributed by atoms with Crippen LogP contribution in [0.4, 0.5) is 0 Å². The Labute approximate surface area is 203 Å². The fourth-order valence-corrected chi connectivity index (χ4v) is 4.41. The smallest absolute Gasteiger partial charge is 0.264 e. The maximum Gasteiger partial charge on any atom is 0.264 e. The van der Waals surface area contributed by atoms with E-state index in [4.69, 9.17) is 5.21 Å². The second-order valence-corrected chi connectivity index (χ2v) is 11.0. The molecule has 186 valence electrons. The Morgan fingerprint density at radius 2 is 1.86 bits per heavy atom. The summed E-state index contributed by atoms with van der Waals surface area (Å²) in [6.45, 7) is 5.68. The Hall–Kier alpha value is -3.57. The molecule has 2 N–H and O–H groups in total. The van der Waals surface area contributed by atoms with Gasteiger partial charge in [0.15, 0.2) is 14.6 Å². The van der Waals surface area contributed by atoms with E-state index in [0.717, 1.165) is 42.5 Å². The molecule has 0 saturated carbocycles. The van der Waals surface area contributed by atoms with Gasteiger partial charge in [-0.2, -0.15) is 0 Å². The zero-order valence-corrected chi connectivity index (χ0v) is 20.5. The van der Waals surface area contributed by atoms with Crippen molar-refractivity contribution < 1.29 is 18.4 Å². The van der Waals surface area contributed by atoms with Crippen LogP contribution in [0.5, 0.6) is 0 Å². The molecule has 1 amide bonds. The molecule has 1 aromatic carbocycles. The number of rotatable bonds is 11. The van der Waals surface area contributed by atoms with Crippen molar-refractivity contribution in [1.29, 1.82) is 0 Å². The number of nitrogens with one attached hydrogen (secondary N) is 1. The largest absolute Gasteiger partial charge is 0.315 e. The fourth-order valence-electron chi connectivity index (χ4n) is 3.56. The Kier molecular flexibility index (Phi) is 8.03. The summed E-state index contributed by atoms with van der Waals surface area (Å²) in [4.78, 5) is 24.6. The van der Waals surface area contributed by atoms with Gasteiger partial charge in [-0.05, 0) is 43.4 Å². The number of hydrogen-bond acceptors (Lipinski definition) is 7. The molecule has 0 aliphatic carbocycles. The number of unbranched alkanes of at least 4 members (excludes halogenated alkanes) is 1. The number of sulfone groups is 1. The van der Waals surface area contributed by atoms with E-state index in [1.807, 2.05) is 36.5 Å². The van der Waals surface area contributed by atoms with Crippen molar-refractivity contribution in [3.8, 4) is 22.4 Å². The van der Waals surface area contributed by atoms with Crippen LogP contribution in [0.25, 0.3) is 22.4 Å². The van der Waals surface area contributed by atoms with Gasteiger partial charge in [0, 0.05) is 37.2 Å². The van der Waals surface area contributed by atoms with E-state index < -0.39 is 20.5 Å². The highest BCUT2D eigenvalue weighted by Gasteiger charge is 2.43. The number of carbonyl (C=O) groups is 1. The average Bonchev–Trinajstić information content (AvgIpc) is 3.31. The van der Waals surface area contributed by atoms with E-state index in [9.17, 15) is 18.0 Å². The summed E-state index contributed by atoms with van der Waals surface area (Å²) in [5, 5.41) is 17.3. The number of hydrogen-bond donors (Lipinski definition) is 2. The van der Waals surface area contributed by atoms with Gasteiger partial charge >= 0.3 is 0 Å². The van der Waals surface area contributed by atoms with Crippen LogP contribution in [-0.2, 0) is 27.7 Å². The van der Waals surface area contributed by atoms with Crippen LogP contribution < -0.4 is 11.0 Å². The third-order valence-corrected chi connectivity index (χ3v) is 8.10. The second-order valence-electron chi connectivity index (χ2n) is 8.52. The highest BCUT2D eigenvalue weighted by Crippen LogP contribution is 2.24. The van der Waals surface area contributed by atoms with Crippen LogP contribution in [0.3, 0.4) is 0 Å². The molecule has 0 radical (unpaired) electrons. The minimum atomic E-state index is -3.84. The van der Waals surface area contributed by atoms with E-state index in [0.29, 0.717) is 5.56 Å². The van der Waals surface area contributed by atoms with Crippen LogP contribution in [-0.4, -0.2) is 50.1 Å². The van der Waals surface area contributed by atoms with Gasteiger partial charge in [-0.15, -0.1) is 11.7 Å². The molecule has 11 heteroatoms. The standard InChI is InChI=1S/C24H29N5O5S/c1-4-5-6-13-29-17-21(25-27-29)19-9-7-18(8-10-19)20-11-14-28(22(30)16-20)15-12-24(2,23(31)26-32)35(3,33)34/h4,7-11,14,16-17,32H,1,5-6,12-13,15H2,2-3H3,(H,26,31). The molecule has 0 aliphatic rings. The summed E-state index contributed by atoms with van der Waals surface area (Å²) < 4.78 is 25.5. The van der Waals surface area contributed by atoms with Crippen molar-refractivity contribution in [3.05, 3.63) is 71.8 Å². The van der Waals surface area contributed by atoms with Crippen molar-refractivity contribution in [3.63, 3.8) is 0 Å². The Bertz CT molecular complexity index is 1360. The minimum absolute atomic E-state index is 0.0164. The van der Waals surface area contributed by atoms with E-state index in [1.54, 1.807) is 16.9 Å². The number of carbonyl (C=O) groups excluding carboxylic acids is 1. The third kappa shape index (κ3) is 5.92. The summed E-state index contributed by atoms with van der Waals surface area (Å²) >= 11 is 0. The molecule has 2 heterocycles. The minimum Gasteiger partial charge on any atom is -0.315 e. The number of pyridine rings is 1. The molecule has 1 atom stereocenters. The van der Waals surface area contributed by atoms with Crippen molar-refractivity contribution >= 4 is 15.7 Å². The highest BCUT2D eigenvalue weighted by atomic mass is 32.2. The second kappa shape index (κ2) is 10.8. The van der Waals surface area contributed by atoms with Crippen LogP contribution in [0.2, 0.25) is 0 Å². The molecule has 3 rings (SSSR count). The lowest BCUT2D eigenvalue weighted by atomic mass is 10.0. The Morgan fingerprint density at radius 3 is 2.46 bits per heavy atom. The highest BCUT2D eigenvalue weighted by molar-refractivity contribution is 7.92. The molecule has 35 heavy (non-hydrogen) atoms. The number of amides is 1. The zero-order chi connectivity index (χ0) is 25.6. The molecule has 0 saturated heterocycles. The maximum atomic E-state index is 12.7. The van der Waals surface area contributed by atoms with Crippen molar-refractivity contribution in [2.45, 2.75) is 44.0 Å². The van der Waals surface area contributed by atoms with Gasteiger partial charge in [0.05, 0.1) is 6.20 Å². The average molecular weight is 500 g/mol. The summed E-state index contributed by atoms with van der Waals surface area (Å²) in [6.07, 6.45) is 7.91. The van der Waals surface area contributed by atoms with Crippen LogP contribution >= 0.6 is 0 Å². The molecule has 0 aliphatic heterocycles. The van der Waals surface area contributed by atoms with Gasteiger partial charge in [0.25, 0.3) is 11.5 Å². The van der Waals surface area contributed by atoms with E-state index in [-0.39, 0.29) is 18.5 Å². The van der Waals surface area contributed by atoms with E-state index in [2.05, 4.69) is 16.9 Å². The van der Waals surface area contributed by atoms with Crippen molar-refractivity contribution in [2.24, 2.45) is 0 Å². The van der Waals surface area contributed by atoms with Gasteiger partial charge in [-0.25, -0.2) is 13.9 Å². The van der Waals surface area contributed by atoms with Crippen LogP contribution in [0.1, 0.15) is 26.2 Å². The van der Waals surface area contributed by atoms with Crippen molar-refractivity contribution in [2.75, 3.05) is 6.26 Å². The molecule has 3 aromatic rings. The zero-order valence-electron chi connectivity index (χ0n) is 19.7. The molecular weight excluding hydrogens is 470 g/mol. The molecule has 0 bridgehead atoms. The summed E-state index contributed by atoms with van der Waals surface area (Å²) in [7, 11) is -3.84.